The zero-order chi connectivity index (χ0) is 32.4. The van der Waals surface area contributed by atoms with Crippen LogP contribution in [0.2, 0.25) is 0 Å². The minimum atomic E-state index is -1.01. The molecule has 3 N–H and O–H groups in total. The van der Waals surface area contributed by atoms with Gasteiger partial charge in [-0.3, -0.25) is 9.69 Å². The summed E-state index contributed by atoms with van der Waals surface area (Å²) in [6, 6.07) is 29.8. The Morgan fingerprint density at radius 3 is 2.29 bits per heavy atom. The van der Waals surface area contributed by atoms with Crippen LogP contribution in [0.4, 0.5) is 10.5 Å². The van der Waals surface area contributed by atoms with Crippen LogP contribution in [-0.4, -0.2) is 35.7 Å². The summed E-state index contributed by atoms with van der Waals surface area (Å²) in [4.78, 5) is 24.6. The summed E-state index contributed by atoms with van der Waals surface area (Å²) < 4.78 is 12.6. The number of amides is 2. The van der Waals surface area contributed by atoms with Crippen LogP contribution < -0.4 is 25.0 Å². The highest BCUT2D eigenvalue weighted by Crippen LogP contribution is 2.30. The average Bonchev–Trinajstić information content (AvgIpc) is 2.99. The van der Waals surface area contributed by atoms with Gasteiger partial charge in [0, 0.05) is 49.4 Å². The molecule has 0 saturated carbocycles. The maximum atomic E-state index is 12.0. The quantitative estimate of drug-likeness (QED) is 0.137. The van der Waals surface area contributed by atoms with E-state index in [4.69, 9.17) is 9.47 Å². The molecule has 4 aromatic carbocycles. The Bertz CT molecular complexity index is 1600. The van der Waals surface area contributed by atoms with Gasteiger partial charge in [-0.15, -0.1) is 0 Å². The van der Waals surface area contributed by atoms with Crippen molar-refractivity contribution in [1.82, 2.24) is 10.6 Å². The molecule has 0 atom stereocenters. The Balaban J connectivity index is 1.52. The number of benzene rings is 4. The van der Waals surface area contributed by atoms with E-state index in [9.17, 15) is 14.7 Å². The molecule has 0 saturated heterocycles. The second-order valence-corrected chi connectivity index (χ2v) is 11.9. The topological polar surface area (TPSA) is 100 Å². The molecule has 0 unspecified atom stereocenters. The van der Waals surface area contributed by atoms with E-state index < -0.39 is 11.6 Å². The van der Waals surface area contributed by atoms with Crippen molar-refractivity contribution >= 4 is 17.7 Å². The van der Waals surface area contributed by atoms with E-state index in [1.807, 2.05) is 75.4 Å². The van der Waals surface area contributed by atoms with Gasteiger partial charge >= 0.3 is 6.09 Å². The van der Waals surface area contributed by atoms with Crippen LogP contribution in [0.15, 0.2) is 91.0 Å². The lowest BCUT2D eigenvalue weighted by molar-refractivity contribution is -0.118. The molecule has 0 aliphatic carbocycles. The predicted molar refractivity (Wildman–Crippen MR) is 179 cm³/mol. The van der Waals surface area contributed by atoms with Crippen LogP contribution in [0.5, 0.6) is 11.5 Å². The van der Waals surface area contributed by atoms with Gasteiger partial charge in [0.25, 0.3) is 0 Å². The molecule has 0 aromatic heterocycles. The number of rotatable bonds is 13. The zero-order valence-corrected chi connectivity index (χ0v) is 26.7. The first-order valence-electron chi connectivity index (χ1n) is 15.1. The standard InChI is InChI=1S/C37H43N3O5/c1-26-31(14-10-16-34(26)29-12-7-6-8-13-29)25-44-33-18-17-30(23-38-19-20-39-27(2)41)35(22-33)45-24-28-11-9-15-32(21-28)40(36(42)43)37(3,4)5/h6-18,21-22,38H,19-20,23-25H2,1-5H3,(H,39,41)(H,42,43). The minimum absolute atomic E-state index is 0.0676. The molecule has 0 heterocycles. The fourth-order valence-electron chi connectivity index (χ4n) is 5.12. The molecule has 4 aromatic rings. The van der Waals surface area contributed by atoms with Crippen LogP contribution in [-0.2, 0) is 24.6 Å². The highest BCUT2D eigenvalue weighted by atomic mass is 16.5. The van der Waals surface area contributed by atoms with Crippen molar-refractivity contribution in [1.29, 1.82) is 0 Å². The summed E-state index contributed by atoms with van der Waals surface area (Å²) in [5.41, 5.74) is 6.37. The molecule has 0 aliphatic heterocycles. The maximum Gasteiger partial charge on any atom is 0.412 e. The summed E-state index contributed by atoms with van der Waals surface area (Å²) in [6.07, 6.45) is -1.01. The largest absolute Gasteiger partial charge is 0.489 e. The van der Waals surface area contributed by atoms with Crippen molar-refractivity contribution < 1.29 is 24.2 Å². The molecule has 8 nitrogen and oxygen atoms in total. The van der Waals surface area contributed by atoms with Gasteiger partial charge in [0.05, 0.1) is 0 Å². The van der Waals surface area contributed by atoms with Gasteiger partial charge in [0.15, 0.2) is 0 Å². The van der Waals surface area contributed by atoms with Crippen LogP contribution in [0, 0.1) is 6.92 Å². The van der Waals surface area contributed by atoms with Gasteiger partial charge in [-0.05, 0) is 73.7 Å². The number of anilines is 1. The molecule has 0 aliphatic rings. The summed E-state index contributed by atoms with van der Waals surface area (Å²) in [6.45, 7) is 11.5. The molecule has 236 valence electrons. The Morgan fingerprint density at radius 2 is 1.58 bits per heavy atom. The number of hydrogen-bond acceptors (Lipinski definition) is 5. The third kappa shape index (κ3) is 9.33. The van der Waals surface area contributed by atoms with E-state index in [-0.39, 0.29) is 12.5 Å². The fourth-order valence-corrected chi connectivity index (χ4v) is 5.12. The number of ether oxygens (including phenoxy) is 2. The van der Waals surface area contributed by atoms with Gasteiger partial charge in [0.1, 0.15) is 24.7 Å². The van der Waals surface area contributed by atoms with Gasteiger partial charge in [-0.25, -0.2) is 4.79 Å². The van der Waals surface area contributed by atoms with E-state index in [1.165, 1.54) is 28.5 Å². The van der Waals surface area contributed by atoms with Crippen molar-refractivity contribution in [3.8, 4) is 22.6 Å². The first-order chi connectivity index (χ1) is 21.5. The van der Waals surface area contributed by atoms with Crippen LogP contribution in [0.1, 0.15) is 49.9 Å². The Morgan fingerprint density at radius 1 is 0.822 bits per heavy atom. The van der Waals surface area contributed by atoms with Gasteiger partial charge < -0.3 is 25.2 Å². The highest BCUT2D eigenvalue weighted by molar-refractivity contribution is 5.87. The number of carbonyl (C=O) groups is 2. The number of hydrogen-bond donors (Lipinski definition) is 3. The van der Waals surface area contributed by atoms with Crippen LogP contribution >= 0.6 is 0 Å². The van der Waals surface area contributed by atoms with E-state index in [2.05, 4.69) is 47.9 Å². The van der Waals surface area contributed by atoms with Crippen molar-refractivity contribution in [3.05, 3.63) is 113 Å². The lowest BCUT2D eigenvalue weighted by Crippen LogP contribution is -2.45. The fraction of sp³-hybridized carbons (Fsp3) is 0.297. The third-order valence-electron chi connectivity index (χ3n) is 7.38. The predicted octanol–water partition coefficient (Wildman–Crippen LogP) is 7.33. The Labute approximate surface area is 266 Å². The molecular weight excluding hydrogens is 566 g/mol. The molecular formula is C37H43N3O5. The molecule has 0 radical (unpaired) electrons. The monoisotopic (exact) mass is 609 g/mol. The van der Waals surface area contributed by atoms with E-state index >= 15 is 0 Å². The summed E-state index contributed by atoms with van der Waals surface area (Å²) in [5, 5.41) is 16.0. The van der Waals surface area contributed by atoms with Crippen molar-refractivity contribution in [3.63, 3.8) is 0 Å². The number of carbonyl (C=O) groups excluding carboxylic acids is 1. The molecule has 2 amide bonds. The number of nitrogens with zero attached hydrogens (tertiary/aromatic N) is 1. The minimum Gasteiger partial charge on any atom is -0.489 e. The Hall–Kier alpha value is -4.82. The normalized spacial score (nSPS) is 11.1. The van der Waals surface area contributed by atoms with Gasteiger partial charge in [-0.2, -0.15) is 0 Å². The van der Waals surface area contributed by atoms with Crippen molar-refractivity contribution in [2.24, 2.45) is 0 Å². The van der Waals surface area contributed by atoms with Gasteiger partial charge in [-0.1, -0.05) is 66.7 Å². The summed E-state index contributed by atoms with van der Waals surface area (Å²) >= 11 is 0. The second kappa shape index (κ2) is 15.3. The van der Waals surface area contributed by atoms with E-state index in [1.54, 1.807) is 6.07 Å². The summed E-state index contributed by atoms with van der Waals surface area (Å²) in [5.74, 6) is 1.27. The summed E-state index contributed by atoms with van der Waals surface area (Å²) in [7, 11) is 0. The molecule has 0 bridgehead atoms. The van der Waals surface area contributed by atoms with Crippen LogP contribution in [0.25, 0.3) is 11.1 Å². The number of carboxylic acid groups (broad SMARTS) is 1. The van der Waals surface area contributed by atoms with Gasteiger partial charge in [0.2, 0.25) is 5.91 Å². The SMILES string of the molecule is CC(=O)NCCNCc1ccc(OCc2cccc(-c3ccccc3)c2C)cc1OCc1cccc(N(C(=O)O)C(C)(C)C)c1. The van der Waals surface area contributed by atoms with Crippen molar-refractivity contribution in [2.75, 3.05) is 18.0 Å². The lowest BCUT2D eigenvalue weighted by Gasteiger charge is -2.33. The molecule has 45 heavy (non-hydrogen) atoms. The zero-order valence-electron chi connectivity index (χ0n) is 26.7. The van der Waals surface area contributed by atoms with Crippen molar-refractivity contribution in [2.45, 2.75) is 59.9 Å². The van der Waals surface area contributed by atoms with Crippen LogP contribution in [0.3, 0.4) is 0 Å². The molecule has 0 spiro atoms. The maximum absolute atomic E-state index is 12.0. The average molecular weight is 610 g/mol. The second-order valence-electron chi connectivity index (χ2n) is 11.9. The number of nitrogens with one attached hydrogen (secondary N) is 2. The van der Waals surface area contributed by atoms with E-state index in [0.29, 0.717) is 43.4 Å². The first-order valence-corrected chi connectivity index (χ1v) is 15.1. The highest BCUT2D eigenvalue weighted by Gasteiger charge is 2.27. The van der Waals surface area contributed by atoms with E-state index in [0.717, 1.165) is 16.7 Å². The lowest BCUT2D eigenvalue weighted by atomic mass is 9.97. The smallest absolute Gasteiger partial charge is 0.412 e. The molecule has 8 heteroatoms. The molecule has 0 fully saturated rings. The Kier molecular flexibility index (Phi) is 11.2. The first kappa shape index (κ1) is 33.1. The third-order valence-corrected chi connectivity index (χ3v) is 7.38. The molecule has 4 rings (SSSR count).